The van der Waals surface area contributed by atoms with Crippen molar-refractivity contribution in [1.29, 1.82) is 0 Å². The molecule has 76 valence electrons. The average molecular weight is 221 g/mol. The van der Waals surface area contributed by atoms with Gasteiger partial charge < -0.3 is 0 Å². The van der Waals surface area contributed by atoms with Crippen LogP contribution in [0.4, 0.5) is 13.2 Å². The number of allylic oxidation sites excluding steroid dienone is 1. The number of hydrogen-bond donors (Lipinski definition) is 0. The van der Waals surface area contributed by atoms with Gasteiger partial charge in [-0.2, -0.15) is 13.2 Å². The molecule has 0 saturated heterocycles. The molecule has 1 rings (SSSR count). The van der Waals surface area contributed by atoms with Gasteiger partial charge in [-0.1, -0.05) is 23.7 Å². The zero-order valence-electron chi connectivity index (χ0n) is 7.24. The van der Waals surface area contributed by atoms with Crippen LogP contribution in [-0.4, -0.2) is 0 Å². The molecule has 0 heterocycles. The van der Waals surface area contributed by atoms with Crippen molar-refractivity contribution in [1.82, 2.24) is 0 Å². The van der Waals surface area contributed by atoms with Gasteiger partial charge in [0.05, 0.1) is 10.6 Å². The van der Waals surface area contributed by atoms with Crippen LogP contribution in [0.15, 0.2) is 30.9 Å². The molecule has 0 saturated carbocycles. The van der Waals surface area contributed by atoms with Gasteiger partial charge in [0.15, 0.2) is 0 Å². The quantitative estimate of drug-likeness (QED) is 0.659. The van der Waals surface area contributed by atoms with Gasteiger partial charge in [0.25, 0.3) is 0 Å². The molecule has 0 fully saturated rings. The first-order valence-corrected chi connectivity index (χ1v) is 4.29. The van der Waals surface area contributed by atoms with Gasteiger partial charge in [0.1, 0.15) is 0 Å². The molecule has 0 atom stereocenters. The first-order valence-electron chi connectivity index (χ1n) is 3.91. The fraction of sp³-hybridized carbons (Fsp3) is 0.200. The first kappa shape index (κ1) is 11.1. The molecule has 14 heavy (non-hydrogen) atoms. The summed E-state index contributed by atoms with van der Waals surface area (Å²) < 4.78 is 37.1. The molecule has 0 aliphatic heterocycles. The smallest absolute Gasteiger partial charge is 0.166 e. The molecule has 1 aromatic rings. The normalized spacial score (nSPS) is 11.4. The lowest BCUT2D eigenvalue weighted by molar-refractivity contribution is -0.137. The van der Waals surface area contributed by atoms with Crippen LogP contribution in [0, 0.1) is 0 Å². The SMILES string of the molecule is C=CCc1ccc(Cl)c(C(F)(F)F)c1. The van der Waals surface area contributed by atoms with Crippen molar-refractivity contribution in [2.45, 2.75) is 12.6 Å². The minimum Gasteiger partial charge on any atom is -0.166 e. The summed E-state index contributed by atoms with van der Waals surface area (Å²) in [5.74, 6) is 0. The standard InChI is InChI=1S/C10H8ClF3/c1-2-3-7-4-5-9(11)8(6-7)10(12,13)14/h2,4-6H,1,3H2. The van der Waals surface area contributed by atoms with Crippen LogP contribution in [0.25, 0.3) is 0 Å². The molecule has 0 unspecified atom stereocenters. The van der Waals surface area contributed by atoms with E-state index >= 15 is 0 Å². The van der Waals surface area contributed by atoms with Crippen molar-refractivity contribution >= 4 is 11.6 Å². The maximum atomic E-state index is 12.4. The fourth-order valence-electron chi connectivity index (χ4n) is 1.08. The van der Waals surface area contributed by atoms with Gasteiger partial charge in [-0.05, 0) is 24.1 Å². The second kappa shape index (κ2) is 4.05. The molecular weight excluding hydrogens is 213 g/mol. The maximum absolute atomic E-state index is 12.4. The van der Waals surface area contributed by atoms with Gasteiger partial charge in [0.2, 0.25) is 0 Å². The molecule has 0 radical (unpaired) electrons. The number of benzene rings is 1. The zero-order chi connectivity index (χ0) is 10.8. The minimum atomic E-state index is -4.39. The third-order valence-corrected chi connectivity index (χ3v) is 2.05. The minimum absolute atomic E-state index is 0.273. The van der Waals surface area contributed by atoms with E-state index in [1.54, 1.807) is 12.1 Å². The highest BCUT2D eigenvalue weighted by Crippen LogP contribution is 2.35. The summed E-state index contributed by atoms with van der Waals surface area (Å²) in [6.45, 7) is 3.46. The van der Waals surface area contributed by atoms with Gasteiger partial charge in [-0.3, -0.25) is 0 Å². The highest BCUT2D eigenvalue weighted by Gasteiger charge is 2.33. The first-order chi connectivity index (χ1) is 6.45. The number of alkyl halides is 3. The second-order valence-electron chi connectivity index (χ2n) is 2.80. The van der Waals surface area contributed by atoms with Crippen molar-refractivity contribution in [3.05, 3.63) is 47.0 Å². The Morgan fingerprint density at radius 2 is 2.00 bits per heavy atom. The summed E-state index contributed by atoms with van der Waals surface area (Å²) >= 11 is 5.44. The van der Waals surface area contributed by atoms with Crippen LogP contribution in [0.1, 0.15) is 11.1 Å². The molecule has 0 aliphatic carbocycles. The van der Waals surface area contributed by atoms with E-state index in [1.807, 2.05) is 0 Å². The maximum Gasteiger partial charge on any atom is 0.417 e. The number of halogens is 4. The molecule has 0 bridgehead atoms. The van der Waals surface area contributed by atoms with Crippen molar-refractivity contribution < 1.29 is 13.2 Å². The van der Waals surface area contributed by atoms with Crippen LogP contribution in [-0.2, 0) is 12.6 Å². The summed E-state index contributed by atoms with van der Waals surface area (Å²) in [5, 5.41) is -0.273. The summed E-state index contributed by atoms with van der Waals surface area (Å²) in [4.78, 5) is 0. The fourth-order valence-corrected chi connectivity index (χ4v) is 1.31. The van der Waals surface area contributed by atoms with Crippen molar-refractivity contribution in [2.75, 3.05) is 0 Å². The average Bonchev–Trinajstić information content (AvgIpc) is 2.07. The van der Waals surface area contributed by atoms with Crippen LogP contribution >= 0.6 is 11.6 Å². The van der Waals surface area contributed by atoms with Gasteiger partial charge >= 0.3 is 6.18 Å². The lowest BCUT2D eigenvalue weighted by Crippen LogP contribution is -2.06. The largest absolute Gasteiger partial charge is 0.417 e. The number of hydrogen-bond acceptors (Lipinski definition) is 0. The molecule has 0 N–H and O–H groups in total. The van der Waals surface area contributed by atoms with Gasteiger partial charge in [-0.25, -0.2) is 0 Å². The number of rotatable bonds is 2. The van der Waals surface area contributed by atoms with E-state index in [4.69, 9.17) is 11.6 Å². The van der Waals surface area contributed by atoms with Crippen LogP contribution < -0.4 is 0 Å². The third kappa shape index (κ3) is 2.51. The van der Waals surface area contributed by atoms with E-state index in [1.165, 1.54) is 6.07 Å². The summed E-state index contributed by atoms with van der Waals surface area (Å²) in [5.41, 5.74) is -0.241. The van der Waals surface area contributed by atoms with E-state index in [9.17, 15) is 13.2 Å². The van der Waals surface area contributed by atoms with E-state index in [2.05, 4.69) is 6.58 Å². The highest BCUT2D eigenvalue weighted by molar-refractivity contribution is 6.31. The Morgan fingerprint density at radius 1 is 1.36 bits per heavy atom. The summed E-state index contributed by atoms with van der Waals surface area (Å²) in [6, 6.07) is 3.85. The molecule has 0 nitrogen and oxygen atoms in total. The predicted molar refractivity (Wildman–Crippen MR) is 50.4 cm³/mol. The van der Waals surface area contributed by atoms with Crippen LogP contribution in [0.2, 0.25) is 5.02 Å². The third-order valence-electron chi connectivity index (χ3n) is 1.72. The molecule has 1 aromatic carbocycles. The Bertz CT molecular complexity index is 342. The van der Waals surface area contributed by atoms with Crippen molar-refractivity contribution in [3.63, 3.8) is 0 Å². The Morgan fingerprint density at radius 3 is 2.50 bits per heavy atom. The Balaban J connectivity index is 3.15. The Labute approximate surface area is 85.0 Å². The molecule has 0 amide bonds. The summed E-state index contributed by atoms with van der Waals surface area (Å²) in [7, 11) is 0. The second-order valence-corrected chi connectivity index (χ2v) is 3.21. The highest BCUT2D eigenvalue weighted by atomic mass is 35.5. The predicted octanol–water partition coefficient (Wildman–Crippen LogP) is 4.09. The lowest BCUT2D eigenvalue weighted by Gasteiger charge is -2.09. The van der Waals surface area contributed by atoms with E-state index in [0.717, 1.165) is 6.07 Å². The molecule has 0 aliphatic rings. The monoisotopic (exact) mass is 220 g/mol. The lowest BCUT2D eigenvalue weighted by atomic mass is 10.1. The molecule has 0 aromatic heterocycles. The van der Waals surface area contributed by atoms with E-state index in [-0.39, 0.29) is 5.02 Å². The van der Waals surface area contributed by atoms with Crippen molar-refractivity contribution in [3.8, 4) is 0 Å². The molecule has 0 spiro atoms. The van der Waals surface area contributed by atoms with Crippen molar-refractivity contribution in [2.24, 2.45) is 0 Å². The zero-order valence-corrected chi connectivity index (χ0v) is 7.99. The summed E-state index contributed by atoms with van der Waals surface area (Å²) in [6.07, 6.45) is -2.45. The molecule has 4 heteroatoms. The Hall–Kier alpha value is -0.960. The topological polar surface area (TPSA) is 0 Å². The Kier molecular flexibility index (Phi) is 3.21. The van der Waals surface area contributed by atoms with Gasteiger partial charge in [0, 0.05) is 0 Å². The van der Waals surface area contributed by atoms with Crippen LogP contribution in [0.5, 0.6) is 0 Å². The molecular formula is C10H8ClF3. The van der Waals surface area contributed by atoms with E-state index in [0.29, 0.717) is 12.0 Å². The van der Waals surface area contributed by atoms with Crippen LogP contribution in [0.3, 0.4) is 0 Å². The van der Waals surface area contributed by atoms with Gasteiger partial charge in [-0.15, -0.1) is 6.58 Å². The van der Waals surface area contributed by atoms with E-state index < -0.39 is 11.7 Å².